The second-order valence-corrected chi connectivity index (χ2v) is 7.36. The highest BCUT2D eigenvalue weighted by molar-refractivity contribution is 5.40. The highest BCUT2D eigenvalue weighted by atomic mass is 16.6. The highest BCUT2D eigenvalue weighted by Gasteiger charge is 2.22. The van der Waals surface area contributed by atoms with Gasteiger partial charge in [-0.1, -0.05) is 42.5 Å². The Morgan fingerprint density at radius 3 is 2.42 bits per heavy atom. The quantitative estimate of drug-likeness (QED) is 0.865. The number of ether oxygens (including phenoxy) is 2. The molecule has 4 rings (SSSR count). The lowest BCUT2D eigenvalue weighted by Crippen LogP contribution is -2.42. The molecule has 1 unspecified atom stereocenters. The summed E-state index contributed by atoms with van der Waals surface area (Å²) >= 11 is 0. The molecule has 2 aromatic rings. The fourth-order valence-electron chi connectivity index (χ4n) is 3.80. The number of likely N-dealkylation sites (tertiary alicyclic amines) is 1. The van der Waals surface area contributed by atoms with Crippen LogP contribution in [0.2, 0.25) is 0 Å². The van der Waals surface area contributed by atoms with Gasteiger partial charge >= 0.3 is 0 Å². The Hall–Kier alpha value is -2.04. The zero-order valence-corrected chi connectivity index (χ0v) is 15.3. The summed E-state index contributed by atoms with van der Waals surface area (Å²) in [7, 11) is 0. The molecule has 0 aromatic heterocycles. The first-order valence-corrected chi connectivity index (χ1v) is 9.72. The maximum Gasteiger partial charge on any atom is 0.161 e. The van der Waals surface area contributed by atoms with Gasteiger partial charge < -0.3 is 14.8 Å². The maximum atomic E-state index is 6.01. The molecule has 0 radical (unpaired) electrons. The average Bonchev–Trinajstić information content (AvgIpc) is 2.70. The number of fused-ring (bicyclic) bond motifs is 1. The largest absolute Gasteiger partial charge is 0.486 e. The van der Waals surface area contributed by atoms with Gasteiger partial charge in [0, 0.05) is 13.1 Å². The molecule has 0 saturated carbocycles. The normalized spacial score (nSPS) is 20.8. The van der Waals surface area contributed by atoms with Crippen molar-refractivity contribution in [2.75, 3.05) is 32.8 Å². The first kappa shape index (κ1) is 17.4. The smallest absolute Gasteiger partial charge is 0.161 e. The Morgan fingerprint density at radius 2 is 1.62 bits per heavy atom. The van der Waals surface area contributed by atoms with Crippen molar-refractivity contribution in [1.82, 2.24) is 10.2 Å². The summed E-state index contributed by atoms with van der Waals surface area (Å²) in [4.78, 5) is 2.57. The molecular weight excluding hydrogens is 324 g/mol. The topological polar surface area (TPSA) is 33.7 Å². The third-order valence-electron chi connectivity index (χ3n) is 5.33. The molecule has 2 aromatic carbocycles. The van der Waals surface area contributed by atoms with Gasteiger partial charge in [0.1, 0.15) is 12.7 Å². The van der Waals surface area contributed by atoms with Crippen molar-refractivity contribution in [3.8, 4) is 11.5 Å². The van der Waals surface area contributed by atoms with Crippen molar-refractivity contribution in [2.45, 2.75) is 25.5 Å². The van der Waals surface area contributed by atoms with E-state index >= 15 is 0 Å². The van der Waals surface area contributed by atoms with E-state index in [-0.39, 0.29) is 6.10 Å². The van der Waals surface area contributed by atoms with Crippen LogP contribution in [0, 0.1) is 5.92 Å². The zero-order valence-electron chi connectivity index (χ0n) is 15.3. The number of nitrogens with zero attached hydrogens (tertiary/aromatic N) is 1. The van der Waals surface area contributed by atoms with E-state index in [0.717, 1.165) is 37.1 Å². The lowest BCUT2D eigenvalue weighted by molar-refractivity contribution is 0.0881. The molecule has 1 N–H and O–H groups in total. The molecule has 1 atom stereocenters. The van der Waals surface area contributed by atoms with Crippen LogP contribution < -0.4 is 14.8 Å². The second kappa shape index (κ2) is 8.56. The molecule has 26 heavy (non-hydrogen) atoms. The van der Waals surface area contributed by atoms with Crippen molar-refractivity contribution in [1.29, 1.82) is 0 Å². The first-order valence-electron chi connectivity index (χ1n) is 9.72. The Kier molecular flexibility index (Phi) is 5.72. The summed E-state index contributed by atoms with van der Waals surface area (Å²) in [5.74, 6) is 2.48. The van der Waals surface area contributed by atoms with Gasteiger partial charge in [-0.3, -0.25) is 4.90 Å². The maximum absolute atomic E-state index is 6.01. The Labute approximate surface area is 156 Å². The predicted molar refractivity (Wildman–Crippen MR) is 104 cm³/mol. The Balaban J connectivity index is 1.15. The van der Waals surface area contributed by atoms with Crippen LogP contribution in [0.5, 0.6) is 11.5 Å². The van der Waals surface area contributed by atoms with E-state index in [1.807, 2.05) is 24.3 Å². The van der Waals surface area contributed by atoms with Crippen molar-refractivity contribution in [3.63, 3.8) is 0 Å². The van der Waals surface area contributed by atoms with Crippen molar-refractivity contribution in [3.05, 3.63) is 60.2 Å². The van der Waals surface area contributed by atoms with Crippen LogP contribution in [0.3, 0.4) is 0 Å². The van der Waals surface area contributed by atoms with Gasteiger partial charge in [-0.25, -0.2) is 0 Å². The standard InChI is InChI=1S/C22H28N2O2/c1-2-6-19(7-3-1)16-24-12-10-18(11-13-24)14-23-15-20-17-25-21-8-4-5-9-22(21)26-20/h1-9,18,20,23H,10-17H2. The van der Waals surface area contributed by atoms with Gasteiger partial charge in [0.15, 0.2) is 11.5 Å². The number of nitrogens with one attached hydrogen (secondary N) is 1. The van der Waals surface area contributed by atoms with E-state index in [1.165, 1.54) is 31.5 Å². The summed E-state index contributed by atoms with van der Waals surface area (Å²) in [6.07, 6.45) is 2.64. The monoisotopic (exact) mass is 352 g/mol. The molecular formula is C22H28N2O2. The van der Waals surface area contributed by atoms with Crippen LogP contribution in [0.15, 0.2) is 54.6 Å². The number of benzene rings is 2. The minimum atomic E-state index is 0.100. The second-order valence-electron chi connectivity index (χ2n) is 7.36. The van der Waals surface area contributed by atoms with Gasteiger partial charge in [-0.2, -0.15) is 0 Å². The van der Waals surface area contributed by atoms with Crippen molar-refractivity contribution < 1.29 is 9.47 Å². The molecule has 1 saturated heterocycles. The summed E-state index contributed by atoms with van der Waals surface area (Å²) in [6, 6.07) is 18.7. The fraction of sp³-hybridized carbons (Fsp3) is 0.455. The molecule has 138 valence electrons. The van der Waals surface area contributed by atoms with Crippen LogP contribution in [0.25, 0.3) is 0 Å². The van der Waals surface area contributed by atoms with E-state index in [0.29, 0.717) is 6.61 Å². The van der Waals surface area contributed by atoms with Gasteiger partial charge in [0.25, 0.3) is 0 Å². The van der Waals surface area contributed by atoms with E-state index in [9.17, 15) is 0 Å². The van der Waals surface area contributed by atoms with Crippen LogP contribution >= 0.6 is 0 Å². The third-order valence-corrected chi connectivity index (χ3v) is 5.33. The lowest BCUT2D eigenvalue weighted by Gasteiger charge is -2.32. The van der Waals surface area contributed by atoms with Crippen LogP contribution in [-0.4, -0.2) is 43.8 Å². The number of hydrogen-bond acceptors (Lipinski definition) is 4. The predicted octanol–water partition coefficient (Wildman–Crippen LogP) is 3.33. The number of piperidine rings is 1. The zero-order chi connectivity index (χ0) is 17.6. The molecule has 2 aliphatic heterocycles. The minimum absolute atomic E-state index is 0.100. The molecule has 2 heterocycles. The molecule has 0 amide bonds. The summed E-state index contributed by atoms with van der Waals surface area (Å²) in [5, 5.41) is 3.60. The molecule has 0 bridgehead atoms. The highest BCUT2D eigenvalue weighted by Crippen LogP contribution is 2.30. The SMILES string of the molecule is c1ccc(CN2CCC(CNCC3COc4ccccc4O3)CC2)cc1. The van der Waals surface area contributed by atoms with Gasteiger partial charge in [-0.15, -0.1) is 0 Å². The molecule has 0 aliphatic carbocycles. The summed E-state index contributed by atoms with van der Waals surface area (Å²) in [5.41, 5.74) is 1.42. The molecule has 0 spiro atoms. The van der Waals surface area contributed by atoms with Crippen LogP contribution in [0.1, 0.15) is 18.4 Å². The van der Waals surface area contributed by atoms with E-state index in [1.54, 1.807) is 0 Å². The van der Waals surface area contributed by atoms with Gasteiger partial charge in [-0.05, 0) is 56.1 Å². The van der Waals surface area contributed by atoms with Gasteiger partial charge in [0.05, 0.1) is 0 Å². The summed E-state index contributed by atoms with van der Waals surface area (Å²) < 4.78 is 11.8. The van der Waals surface area contributed by atoms with E-state index in [2.05, 4.69) is 40.5 Å². The molecule has 4 heteroatoms. The van der Waals surface area contributed by atoms with Crippen LogP contribution in [-0.2, 0) is 6.54 Å². The average molecular weight is 352 g/mol. The Bertz CT molecular complexity index is 684. The van der Waals surface area contributed by atoms with Gasteiger partial charge in [0.2, 0.25) is 0 Å². The minimum Gasteiger partial charge on any atom is -0.486 e. The summed E-state index contributed by atoms with van der Waals surface area (Å²) in [6.45, 7) is 6.00. The Morgan fingerprint density at radius 1 is 0.885 bits per heavy atom. The van der Waals surface area contributed by atoms with E-state index in [4.69, 9.17) is 9.47 Å². The fourth-order valence-corrected chi connectivity index (χ4v) is 3.80. The molecule has 1 fully saturated rings. The molecule has 4 nitrogen and oxygen atoms in total. The first-order chi connectivity index (χ1) is 12.9. The van der Waals surface area contributed by atoms with Crippen molar-refractivity contribution in [2.24, 2.45) is 5.92 Å². The number of hydrogen-bond donors (Lipinski definition) is 1. The number of rotatable bonds is 6. The van der Waals surface area contributed by atoms with Crippen LogP contribution in [0.4, 0.5) is 0 Å². The van der Waals surface area contributed by atoms with Crippen molar-refractivity contribution >= 4 is 0 Å². The third kappa shape index (κ3) is 4.57. The van der Waals surface area contributed by atoms with E-state index < -0.39 is 0 Å². The molecule has 2 aliphatic rings. The number of para-hydroxylation sites is 2. The lowest BCUT2D eigenvalue weighted by atomic mass is 9.96.